The third-order valence-corrected chi connectivity index (χ3v) is 4.17. The summed E-state index contributed by atoms with van der Waals surface area (Å²) in [7, 11) is 1.14. The molecule has 1 unspecified atom stereocenters. The highest BCUT2D eigenvalue weighted by atomic mass is 16.6. The minimum Gasteiger partial charge on any atom is -0.463 e. The molecule has 1 aromatic rings. The van der Waals surface area contributed by atoms with Crippen LogP contribution in [-0.2, 0) is 35.2 Å². The second kappa shape index (κ2) is 10.2. The minimum absolute atomic E-state index is 0.0448. The lowest BCUT2D eigenvalue weighted by Gasteiger charge is -2.19. The van der Waals surface area contributed by atoms with Crippen molar-refractivity contribution in [1.29, 1.82) is 0 Å². The summed E-state index contributed by atoms with van der Waals surface area (Å²) in [6, 6.07) is 9.16. The Morgan fingerprint density at radius 1 is 1.11 bits per heavy atom. The smallest absolute Gasteiger partial charge is 0.414 e. The van der Waals surface area contributed by atoms with Crippen molar-refractivity contribution in [3.63, 3.8) is 0 Å². The predicted molar refractivity (Wildman–Crippen MR) is 97.8 cm³/mol. The van der Waals surface area contributed by atoms with Crippen molar-refractivity contribution in [2.75, 3.05) is 20.3 Å². The first-order valence-corrected chi connectivity index (χ1v) is 8.94. The monoisotopic (exact) mass is 389 g/mol. The summed E-state index contributed by atoms with van der Waals surface area (Å²) in [6.45, 7) is 2.06. The standard InChI is InChI=1S/C20H23NO7/c1-3-27-18(23)16-11-15(9-10-17(22)19(24)26-2)12-21(16)20(25)28-13-14-7-5-4-6-8-14/h4-8,11,15H,3,9-10,12-13H2,1-2H3. The van der Waals surface area contributed by atoms with Crippen molar-refractivity contribution < 1.29 is 33.4 Å². The van der Waals surface area contributed by atoms with Crippen LogP contribution >= 0.6 is 0 Å². The van der Waals surface area contributed by atoms with Crippen molar-refractivity contribution >= 4 is 23.8 Å². The maximum atomic E-state index is 12.5. The van der Waals surface area contributed by atoms with Crippen LogP contribution in [0.15, 0.2) is 42.1 Å². The van der Waals surface area contributed by atoms with Crippen molar-refractivity contribution in [2.24, 2.45) is 5.92 Å². The molecule has 8 nitrogen and oxygen atoms in total. The number of ketones is 1. The Labute approximate surface area is 163 Å². The summed E-state index contributed by atoms with van der Waals surface area (Å²) in [5.74, 6) is -2.48. The van der Waals surface area contributed by atoms with Crippen molar-refractivity contribution in [3.8, 4) is 0 Å². The second-order valence-electron chi connectivity index (χ2n) is 6.14. The van der Waals surface area contributed by atoms with Gasteiger partial charge in [0.2, 0.25) is 5.78 Å². The Kier molecular flexibility index (Phi) is 7.74. The van der Waals surface area contributed by atoms with E-state index >= 15 is 0 Å². The summed E-state index contributed by atoms with van der Waals surface area (Å²) in [5, 5.41) is 0. The van der Waals surface area contributed by atoms with Gasteiger partial charge in [0, 0.05) is 13.0 Å². The van der Waals surface area contributed by atoms with Crippen LogP contribution in [0.1, 0.15) is 25.3 Å². The maximum absolute atomic E-state index is 12.5. The number of methoxy groups -OCH3 is 1. The molecule has 0 aliphatic carbocycles. The Bertz CT molecular complexity index is 757. The van der Waals surface area contributed by atoms with Crippen LogP contribution in [0, 0.1) is 5.92 Å². The Morgan fingerprint density at radius 3 is 2.46 bits per heavy atom. The Balaban J connectivity index is 2.01. The highest BCUT2D eigenvalue weighted by molar-refractivity contribution is 6.33. The number of rotatable bonds is 8. The van der Waals surface area contributed by atoms with Gasteiger partial charge in [-0.15, -0.1) is 0 Å². The van der Waals surface area contributed by atoms with E-state index in [1.54, 1.807) is 13.0 Å². The van der Waals surface area contributed by atoms with Gasteiger partial charge in [0.25, 0.3) is 0 Å². The van der Waals surface area contributed by atoms with Gasteiger partial charge < -0.3 is 14.2 Å². The van der Waals surface area contributed by atoms with Gasteiger partial charge in [-0.25, -0.2) is 14.4 Å². The minimum atomic E-state index is -0.910. The van der Waals surface area contributed by atoms with E-state index in [-0.39, 0.29) is 37.8 Å². The van der Waals surface area contributed by atoms with Crippen LogP contribution in [0.2, 0.25) is 0 Å². The number of carbonyl (C=O) groups is 4. The van der Waals surface area contributed by atoms with Crippen LogP contribution in [0.25, 0.3) is 0 Å². The SMILES string of the molecule is CCOC(=O)C1=CC(CCC(=O)C(=O)OC)CN1C(=O)OCc1ccccc1. The molecule has 0 saturated carbocycles. The van der Waals surface area contributed by atoms with Gasteiger partial charge in [-0.1, -0.05) is 30.3 Å². The average molecular weight is 389 g/mol. The zero-order chi connectivity index (χ0) is 20.5. The van der Waals surface area contributed by atoms with Gasteiger partial charge in [-0.2, -0.15) is 0 Å². The lowest BCUT2D eigenvalue weighted by Crippen LogP contribution is -2.33. The van der Waals surface area contributed by atoms with Crippen LogP contribution < -0.4 is 0 Å². The molecule has 150 valence electrons. The number of Topliss-reactive ketones (excluding diaryl/α,β-unsaturated/α-hetero) is 1. The van der Waals surface area contributed by atoms with Crippen molar-refractivity contribution in [1.82, 2.24) is 4.90 Å². The number of carbonyl (C=O) groups excluding carboxylic acids is 4. The van der Waals surface area contributed by atoms with Gasteiger partial charge in [0.05, 0.1) is 13.7 Å². The summed E-state index contributed by atoms with van der Waals surface area (Å²) < 4.78 is 14.7. The molecule has 1 aliphatic heterocycles. The molecular weight excluding hydrogens is 366 g/mol. The molecule has 28 heavy (non-hydrogen) atoms. The molecule has 0 saturated heterocycles. The third-order valence-electron chi connectivity index (χ3n) is 4.17. The van der Waals surface area contributed by atoms with E-state index in [0.717, 1.165) is 12.7 Å². The summed E-state index contributed by atoms with van der Waals surface area (Å²) in [6.07, 6.45) is 1.15. The molecule has 0 bridgehead atoms. The largest absolute Gasteiger partial charge is 0.463 e. The van der Waals surface area contributed by atoms with E-state index in [9.17, 15) is 19.2 Å². The second-order valence-corrected chi connectivity index (χ2v) is 6.14. The van der Waals surface area contributed by atoms with Gasteiger partial charge >= 0.3 is 18.0 Å². The first-order chi connectivity index (χ1) is 13.5. The van der Waals surface area contributed by atoms with Crippen LogP contribution in [-0.4, -0.2) is 49.0 Å². The van der Waals surface area contributed by atoms with E-state index in [1.165, 1.54) is 4.90 Å². The molecule has 1 amide bonds. The quantitative estimate of drug-likeness (QED) is 0.382. The van der Waals surface area contributed by atoms with E-state index < -0.39 is 23.8 Å². The molecule has 8 heteroatoms. The molecule has 0 radical (unpaired) electrons. The molecule has 0 fully saturated rings. The molecular formula is C20H23NO7. The van der Waals surface area contributed by atoms with Gasteiger partial charge in [-0.3, -0.25) is 9.69 Å². The number of hydrogen-bond acceptors (Lipinski definition) is 7. The summed E-state index contributed by atoms with van der Waals surface area (Å²) in [5.41, 5.74) is 0.896. The molecule has 1 aromatic carbocycles. The molecule has 1 atom stereocenters. The van der Waals surface area contributed by atoms with Gasteiger partial charge in [0.15, 0.2) is 0 Å². The van der Waals surface area contributed by atoms with Crippen LogP contribution in [0.4, 0.5) is 4.79 Å². The third kappa shape index (κ3) is 5.67. The lowest BCUT2D eigenvalue weighted by molar-refractivity contribution is -0.151. The molecule has 1 heterocycles. The molecule has 2 rings (SSSR count). The number of nitrogens with zero attached hydrogens (tertiary/aromatic N) is 1. The number of esters is 2. The number of ether oxygens (including phenoxy) is 3. The highest BCUT2D eigenvalue weighted by Crippen LogP contribution is 2.26. The number of amides is 1. The average Bonchev–Trinajstić information content (AvgIpc) is 3.15. The first kappa shape index (κ1) is 21.1. The molecule has 0 aromatic heterocycles. The fourth-order valence-corrected chi connectivity index (χ4v) is 2.76. The topological polar surface area (TPSA) is 99.2 Å². The summed E-state index contributed by atoms with van der Waals surface area (Å²) in [4.78, 5) is 48.7. The van der Waals surface area contributed by atoms with E-state index in [0.29, 0.717) is 6.42 Å². The van der Waals surface area contributed by atoms with E-state index in [2.05, 4.69) is 4.74 Å². The molecule has 1 aliphatic rings. The van der Waals surface area contributed by atoms with E-state index in [1.807, 2.05) is 30.3 Å². The molecule has 0 spiro atoms. The Morgan fingerprint density at radius 2 is 1.82 bits per heavy atom. The highest BCUT2D eigenvalue weighted by Gasteiger charge is 2.34. The maximum Gasteiger partial charge on any atom is 0.414 e. The van der Waals surface area contributed by atoms with Gasteiger partial charge in [-0.05, 0) is 30.9 Å². The van der Waals surface area contributed by atoms with E-state index in [4.69, 9.17) is 9.47 Å². The van der Waals surface area contributed by atoms with Crippen LogP contribution in [0.3, 0.4) is 0 Å². The molecule has 0 N–H and O–H groups in total. The fraction of sp³-hybridized carbons (Fsp3) is 0.400. The number of hydrogen-bond donors (Lipinski definition) is 0. The van der Waals surface area contributed by atoms with Crippen molar-refractivity contribution in [3.05, 3.63) is 47.7 Å². The van der Waals surface area contributed by atoms with Gasteiger partial charge in [0.1, 0.15) is 12.3 Å². The van der Waals surface area contributed by atoms with Crippen molar-refractivity contribution in [2.45, 2.75) is 26.4 Å². The fourth-order valence-electron chi connectivity index (χ4n) is 2.76. The normalized spacial score (nSPS) is 15.6. The lowest BCUT2D eigenvalue weighted by atomic mass is 10.0. The number of benzene rings is 1. The predicted octanol–water partition coefficient (Wildman–Crippen LogP) is 2.22. The zero-order valence-electron chi connectivity index (χ0n) is 15.9. The zero-order valence-corrected chi connectivity index (χ0v) is 15.9. The summed E-state index contributed by atoms with van der Waals surface area (Å²) >= 11 is 0. The Hall–Kier alpha value is -3.16. The van der Waals surface area contributed by atoms with Crippen LogP contribution in [0.5, 0.6) is 0 Å². The first-order valence-electron chi connectivity index (χ1n) is 8.94.